The van der Waals surface area contributed by atoms with E-state index in [2.05, 4.69) is 12.2 Å². The maximum atomic E-state index is 12.2. The number of benzene rings is 1. The van der Waals surface area contributed by atoms with E-state index in [0.717, 1.165) is 18.5 Å². The first kappa shape index (κ1) is 12.3. The minimum absolute atomic E-state index is 0.0708. The lowest BCUT2D eigenvalue weighted by atomic mass is 9.82. The van der Waals surface area contributed by atoms with E-state index in [1.54, 1.807) is 4.42 Å². The molecule has 0 radical (unpaired) electrons. The number of carbonyl (C=O) groups excluding carboxylic acids is 1. The van der Waals surface area contributed by atoms with Crippen LogP contribution >= 0.6 is 23.4 Å². The SMILES string of the molecule is CCc1ccc(Cl)c2c1[C@@H]1CN(Cl)C[C@H]1NC2=O. The highest BCUT2D eigenvalue weighted by Gasteiger charge is 2.41. The van der Waals surface area contributed by atoms with Crippen LogP contribution < -0.4 is 5.32 Å². The van der Waals surface area contributed by atoms with Crippen LogP contribution in [0.1, 0.15) is 34.3 Å². The number of nitrogens with zero attached hydrogens (tertiary/aromatic N) is 1. The zero-order valence-electron chi connectivity index (χ0n) is 10.0. The van der Waals surface area contributed by atoms with Crippen molar-refractivity contribution < 1.29 is 4.79 Å². The van der Waals surface area contributed by atoms with Gasteiger partial charge in [-0.2, -0.15) is 0 Å². The summed E-state index contributed by atoms with van der Waals surface area (Å²) < 4.78 is 1.74. The van der Waals surface area contributed by atoms with Gasteiger partial charge in [-0.15, -0.1) is 0 Å². The predicted octanol–water partition coefficient (Wildman–Crippen LogP) is 2.57. The summed E-state index contributed by atoms with van der Waals surface area (Å²) in [4.78, 5) is 12.2. The van der Waals surface area contributed by atoms with Crippen LogP contribution in [0, 0.1) is 0 Å². The Morgan fingerprint density at radius 2 is 2.22 bits per heavy atom. The van der Waals surface area contributed by atoms with E-state index < -0.39 is 0 Å². The molecule has 1 amide bonds. The van der Waals surface area contributed by atoms with Crippen LogP contribution in [0.4, 0.5) is 0 Å². The van der Waals surface area contributed by atoms with Crippen molar-refractivity contribution in [3.63, 3.8) is 0 Å². The van der Waals surface area contributed by atoms with Gasteiger partial charge < -0.3 is 5.32 Å². The summed E-state index contributed by atoms with van der Waals surface area (Å²) in [5, 5.41) is 3.54. The third kappa shape index (κ3) is 1.73. The normalized spacial score (nSPS) is 26.7. The van der Waals surface area contributed by atoms with Gasteiger partial charge in [-0.3, -0.25) is 4.79 Å². The van der Waals surface area contributed by atoms with E-state index in [1.165, 1.54) is 5.56 Å². The van der Waals surface area contributed by atoms with Gasteiger partial charge >= 0.3 is 0 Å². The molecule has 0 aromatic heterocycles. The quantitative estimate of drug-likeness (QED) is 0.804. The van der Waals surface area contributed by atoms with Crippen LogP contribution in [0.25, 0.3) is 0 Å². The molecule has 1 N–H and O–H groups in total. The molecule has 0 spiro atoms. The summed E-state index contributed by atoms with van der Waals surface area (Å²) in [7, 11) is 0. The summed E-state index contributed by atoms with van der Waals surface area (Å²) in [5.74, 6) is 0.183. The lowest BCUT2D eigenvalue weighted by Crippen LogP contribution is -2.44. The summed E-state index contributed by atoms with van der Waals surface area (Å²) in [6.45, 7) is 3.54. The summed E-state index contributed by atoms with van der Waals surface area (Å²) in [5.41, 5.74) is 2.94. The third-order valence-electron chi connectivity index (χ3n) is 3.86. The molecule has 3 rings (SSSR count). The molecule has 3 nitrogen and oxygen atoms in total. The largest absolute Gasteiger partial charge is 0.347 e. The molecule has 1 saturated heterocycles. The number of carbonyl (C=O) groups is 1. The molecule has 1 aromatic carbocycles. The molecule has 5 heteroatoms. The Labute approximate surface area is 116 Å². The maximum absolute atomic E-state index is 12.2. The highest BCUT2D eigenvalue weighted by molar-refractivity contribution is 6.34. The fourth-order valence-corrected chi connectivity index (χ4v) is 3.58. The zero-order chi connectivity index (χ0) is 12.9. The van der Waals surface area contributed by atoms with Crippen LogP contribution in [-0.4, -0.2) is 29.5 Å². The number of halogens is 2. The Morgan fingerprint density at radius 3 is 2.94 bits per heavy atom. The standard InChI is InChI=1S/C13H14Cl2N2O/c1-2-7-3-4-9(14)12-11(7)8-5-17(15)6-10(8)16-13(12)18/h3-4,8,10H,2,5-6H2,1H3,(H,16,18)/t8-,10-/m1/s1. The molecule has 1 fully saturated rings. The van der Waals surface area contributed by atoms with Crippen molar-refractivity contribution in [3.05, 3.63) is 33.8 Å². The molecule has 0 bridgehead atoms. The molecular weight excluding hydrogens is 271 g/mol. The van der Waals surface area contributed by atoms with Gasteiger partial charge in [-0.1, -0.05) is 24.6 Å². The molecule has 0 aliphatic carbocycles. The first-order valence-corrected chi connectivity index (χ1v) is 6.86. The lowest BCUT2D eigenvalue weighted by molar-refractivity contribution is 0.0923. The van der Waals surface area contributed by atoms with Crippen LogP contribution in [-0.2, 0) is 6.42 Å². The highest BCUT2D eigenvalue weighted by atomic mass is 35.5. The maximum Gasteiger partial charge on any atom is 0.253 e. The smallest absolute Gasteiger partial charge is 0.253 e. The van der Waals surface area contributed by atoms with Gasteiger partial charge in [0.2, 0.25) is 0 Å². The van der Waals surface area contributed by atoms with E-state index in [0.29, 0.717) is 17.1 Å². The van der Waals surface area contributed by atoms with Crippen LogP contribution in [0.3, 0.4) is 0 Å². The number of fused-ring (bicyclic) bond motifs is 3. The molecule has 0 unspecified atom stereocenters. The topological polar surface area (TPSA) is 32.3 Å². The zero-order valence-corrected chi connectivity index (χ0v) is 11.6. The molecule has 1 aromatic rings. The number of amides is 1. The summed E-state index contributed by atoms with van der Waals surface area (Å²) in [6.07, 6.45) is 0.901. The van der Waals surface area contributed by atoms with E-state index in [9.17, 15) is 4.79 Å². The van der Waals surface area contributed by atoms with Crippen molar-refractivity contribution in [2.45, 2.75) is 25.3 Å². The number of rotatable bonds is 1. The average molecular weight is 285 g/mol. The third-order valence-corrected chi connectivity index (χ3v) is 4.45. The Balaban J connectivity index is 2.19. The number of nitrogens with one attached hydrogen (secondary N) is 1. The Bertz CT molecular complexity index is 518. The van der Waals surface area contributed by atoms with E-state index in [1.807, 2.05) is 12.1 Å². The molecule has 0 saturated carbocycles. The van der Waals surface area contributed by atoms with Crippen molar-refractivity contribution in [3.8, 4) is 0 Å². The minimum Gasteiger partial charge on any atom is -0.347 e. The number of hydrogen-bond acceptors (Lipinski definition) is 2. The van der Waals surface area contributed by atoms with E-state index >= 15 is 0 Å². The summed E-state index contributed by atoms with van der Waals surface area (Å²) >= 11 is 12.3. The first-order valence-electron chi connectivity index (χ1n) is 6.14. The molecule has 2 heterocycles. The van der Waals surface area contributed by atoms with Crippen molar-refractivity contribution >= 4 is 29.3 Å². The molecule has 18 heavy (non-hydrogen) atoms. The Kier molecular flexibility index (Phi) is 3.00. The highest BCUT2D eigenvalue weighted by Crippen LogP contribution is 2.39. The second kappa shape index (κ2) is 4.41. The molecule has 96 valence electrons. The van der Waals surface area contributed by atoms with Gasteiger partial charge in [0.05, 0.1) is 16.6 Å². The fourth-order valence-electron chi connectivity index (χ4n) is 3.03. The second-order valence-corrected chi connectivity index (χ2v) is 5.75. The second-order valence-electron chi connectivity index (χ2n) is 4.86. The van der Waals surface area contributed by atoms with Crippen LogP contribution in [0.2, 0.25) is 5.02 Å². The van der Waals surface area contributed by atoms with Gasteiger partial charge in [0.15, 0.2) is 0 Å². The van der Waals surface area contributed by atoms with Crippen molar-refractivity contribution in [2.24, 2.45) is 0 Å². The Morgan fingerprint density at radius 1 is 1.44 bits per heavy atom. The van der Waals surface area contributed by atoms with Crippen molar-refractivity contribution in [2.75, 3.05) is 13.1 Å². The van der Waals surface area contributed by atoms with Gasteiger partial charge in [0.1, 0.15) is 0 Å². The van der Waals surface area contributed by atoms with Crippen molar-refractivity contribution in [1.82, 2.24) is 9.74 Å². The molecule has 2 aliphatic heterocycles. The van der Waals surface area contributed by atoms with Crippen molar-refractivity contribution in [1.29, 1.82) is 0 Å². The predicted molar refractivity (Wildman–Crippen MR) is 72.3 cm³/mol. The van der Waals surface area contributed by atoms with E-state index in [4.69, 9.17) is 23.4 Å². The van der Waals surface area contributed by atoms with E-state index in [-0.39, 0.29) is 17.9 Å². The van der Waals surface area contributed by atoms with Gasteiger partial charge in [0.25, 0.3) is 5.91 Å². The first-order chi connectivity index (χ1) is 8.61. The molecular formula is C13H14Cl2N2O. The van der Waals surface area contributed by atoms with Gasteiger partial charge in [-0.05, 0) is 35.4 Å². The summed E-state index contributed by atoms with van der Waals surface area (Å²) in [6, 6.07) is 3.94. The lowest BCUT2D eigenvalue weighted by Gasteiger charge is -2.30. The number of hydrogen-bond donors (Lipinski definition) is 1. The average Bonchev–Trinajstić information content (AvgIpc) is 2.69. The monoisotopic (exact) mass is 284 g/mol. The Hall–Kier alpha value is -0.770. The minimum atomic E-state index is -0.0708. The fraction of sp³-hybridized carbons (Fsp3) is 0.462. The van der Waals surface area contributed by atoms with Crippen LogP contribution in [0.5, 0.6) is 0 Å². The number of aryl methyl sites for hydroxylation is 1. The van der Waals surface area contributed by atoms with Gasteiger partial charge in [-0.25, -0.2) is 4.42 Å². The van der Waals surface area contributed by atoms with Gasteiger partial charge in [0, 0.05) is 19.0 Å². The molecule has 2 aliphatic rings. The van der Waals surface area contributed by atoms with Crippen LogP contribution in [0.15, 0.2) is 12.1 Å². The molecule has 2 atom stereocenters.